The third-order valence-corrected chi connectivity index (χ3v) is 8.34. The number of aliphatic hydroxyl groups is 1. The molecule has 1 aliphatic rings. The van der Waals surface area contributed by atoms with Gasteiger partial charge in [0.05, 0.1) is 24.9 Å². The van der Waals surface area contributed by atoms with Crippen molar-refractivity contribution in [1.29, 1.82) is 0 Å². The zero-order chi connectivity index (χ0) is 36.5. The summed E-state index contributed by atoms with van der Waals surface area (Å²) in [7, 11) is 1.21. The number of alkyl carbamates (subject to hydrolysis) is 2. The number of ether oxygens (including phenoxy) is 3. The number of esters is 1. The van der Waals surface area contributed by atoms with Crippen molar-refractivity contribution in [2.45, 2.75) is 71.9 Å². The summed E-state index contributed by atoms with van der Waals surface area (Å²) < 4.78 is 15.4. The van der Waals surface area contributed by atoms with Gasteiger partial charge < -0.3 is 30.0 Å². The van der Waals surface area contributed by atoms with Crippen LogP contribution in [0.1, 0.15) is 45.7 Å². The minimum absolute atomic E-state index is 0.109. The number of hydrazine groups is 1. The Balaban J connectivity index is 1.59. The normalized spacial score (nSPS) is 17.2. The molecule has 0 spiro atoms. The van der Waals surface area contributed by atoms with Crippen LogP contribution in [0.4, 0.5) is 9.59 Å². The summed E-state index contributed by atoms with van der Waals surface area (Å²) in [5.41, 5.74) is 4.78. The van der Waals surface area contributed by atoms with E-state index in [0.717, 1.165) is 22.4 Å². The van der Waals surface area contributed by atoms with Crippen LogP contribution < -0.4 is 16.1 Å². The van der Waals surface area contributed by atoms with Gasteiger partial charge in [0.15, 0.2) is 0 Å². The molecule has 268 valence electrons. The molecule has 1 aliphatic heterocycles. The second kappa shape index (κ2) is 16.6. The summed E-state index contributed by atoms with van der Waals surface area (Å²) in [5, 5.41) is 18.6. The van der Waals surface area contributed by atoms with Gasteiger partial charge in [0.1, 0.15) is 12.6 Å². The van der Waals surface area contributed by atoms with Crippen molar-refractivity contribution in [2.24, 2.45) is 10.8 Å². The van der Waals surface area contributed by atoms with Gasteiger partial charge in [-0.2, -0.15) is 0 Å². The summed E-state index contributed by atoms with van der Waals surface area (Å²) >= 11 is 0. The number of carbonyl (C=O) groups excluding carboxylic acids is 4. The fraction of sp³-hybridized carbons (Fsp3) is 0.432. The zero-order valence-electron chi connectivity index (χ0n) is 29.3. The summed E-state index contributed by atoms with van der Waals surface area (Å²) in [6.07, 6.45) is -2.09. The standard InChI is InChI=1S/C37H47N5O8/c1-36(2,3)30(40-34(46)48-6)32(44)41-42(21-25-15-17-26(18-16-25)27-14-10-11-19-38-27)22-29(43)28(20-24-12-8-7-9-13-24)39-35(47)50-31-33(45)49-23-37(31,4)5/h7-19,28-31,43H,20-23H2,1-6H3,(H,39,47)(H,40,46)(H,41,44)/t28-,29-,30+,31?/m0/s1. The first-order chi connectivity index (χ1) is 23.7. The number of cyclic esters (lactones) is 1. The number of nitrogens with one attached hydrogen (secondary N) is 3. The highest BCUT2D eigenvalue weighted by atomic mass is 16.6. The molecule has 13 nitrogen and oxygen atoms in total. The second-order valence-corrected chi connectivity index (χ2v) is 14.1. The van der Waals surface area contributed by atoms with E-state index in [1.54, 1.807) is 40.8 Å². The first-order valence-electron chi connectivity index (χ1n) is 16.4. The lowest BCUT2D eigenvalue weighted by Gasteiger charge is -2.34. The quantitative estimate of drug-likeness (QED) is 0.117. The summed E-state index contributed by atoms with van der Waals surface area (Å²) in [5.74, 6) is -1.17. The maximum atomic E-state index is 13.7. The van der Waals surface area contributed by atoms with Crippen molar-refractivity contribution < 1.29 is 38.5 Å². The molecule has 0 saturated carbocycles. The lowest BCUT2D eigenvalue weighted by Crippen LogP contribution is -2.59. The second-order valence-electron chi connectivity index (χ2n) is 14.1. The molecule has 2 aromatic carbocycles. The van der Waals surface area contributed by atoms with Crippen LogP contribution in [-0.4, -0.2) is 83.7 Å². The van der Waals surface area contributed by atoms with Gasteiger partial charge in [-0.05, 0) is 35.1 Å². The molecule has 0 aliphatic carbocycles. The molecule has 4 atom stereocenters. The zero-order valence-corrected chi connectivity index (χ0v) is 29.3. The third-order valence-electron chi connectivity index (χ3n) is 8.34. The van der Waals surface area contributed by atoms with Gasteiger partial charge in [-0.15, -0.1) is 0 Å². The van der Waals surface area contributed by atoms with E-state index in [1.165, 1.54) is 12.1 Å². The number of nitrogens with zero attached hydrogens (tertiary/aromatic N) is 2. The molecule has 1 saturated heterocycles. The summed E-state index contributed by atoms with van der Waals surface area (Å²) in [6.45, 7) is 9.05. The average Bonchev–Trinajstić information content (AvgIpc) is 3.33. The Morgan fingerprint density at radius 3 is 2.24 bits per heavy atom. The van der Waals surface area contributed by atoms with Crippen LogP contribution in [-0.2, 0) is 36.8 Å². The molecule has 4 rings (SSSR count). The van der Waals surface area contributed by atoms with Gasteiger partial charge in [-0.1, -0.05) is 95.3 Å². The third kappa shape index (κ3) is 10.5. The molecule has 1 aromatic heterocycles. The lowest BCUT2D eigenvalue weighted by molar-refractivity contribution is -0.145. The van der Waals surface area contributed by atoms with Gasteiger partial charge in [-0.3, -0.25) is 15.2 Å². The van der Waals surface area contributed by atoms with E-state index in [2.05, 4.69) is 21.0 Å². The van der Waals surface area contributed by atoms with E-state index >= 15 is 0 Å². The molecule has 0 radical (unpaired) electrons. The predicted molar refractivity (Wildman–Crippen MR) is 185 cm³/mol. The fourth-order valence-electron chi connectivity index (χ4n) is 5.49. The molecule has 2 heterocycles. The smallest absolute Gasteiger partial charge is 0.408 e. The van der Waals surface area contributed by atoms with E-state index in [0.29, 0.717) is 0 Å². The number of carbonyl (C=O) groups is 4. The largest absolute Gasteiger partial charge is 0.462 e. The topological polar surface area (TPSA) is 168 Å². The van der Waals surface area contributed by atoms with E-state index in [9.17, 15) is 24.3 Å². The highest BCUT2D eigenvalue weighted by Gasteiger charge is 2.47. The van der Waals surface area contributed by atoms with Crippen LogP contribution in [0.25, 0.3) is 11.3 Å². The Labute approximate surface area is 292 Å². The molecule has 3 amide bonds. The molecule has 1 fully saturated rings. The van der Waals surface area contributed by atoms with Crippen LogP contribution in [0.15, 0.2) is 79.0 Å². The molecule has 3 aromatic rings. The number of methoxy groups -OCH3 is 1. The number of pyridine rings is 1. The van der Waals surface area contributed by atoms with Gasteiger partial charge in [-0.25, -0.2) is 19.4 Å². The number of hydrogen-bond donors (Lipinski definition) is 4. The molecule has 50 heavy (non-hydrogen) atoms. The fourth-order valence-corrected chi connectivity index (χ4v) is 5.49. The molecule has 4 N–H and O–H groups in total. The van der Waals surface area contributed by atoms with Crippen LogP contribution in [0, 0.1) is 10.8 Å². The average molecular weight is 690 g/mol. The Kier molecular flexibility index (Phi) is 12.5. The van der Waals surface area contributed by atoms with Crippen molar-refractivity contribution in [1.82, 2.24) is 26.1 Å². The van der Waals surface area contributed by atoms with Crippen molar-refractivity contribution in [2.75, 3.05) is 20.3 Å². The first-order valence-corrected chi connectivity index (χ1v) is 16.4. The Hall–Kier alpha value is -5.01. The minimum atomic E-state index is -1.25. The molecule has 0 bridgehead atoms. The molecule has 1 unspecified atom stereocenters. The maximum Gasteiger partial charge on any atom is 0.408 e. The Bertz CT molecular complexity index is 1600. The van der Waals surface area contributed by atoms with Gasteiger partial charge in [0, 0.05) is 30.3 Å². The van der Waals surface area contributed by atoms with Crippen molar-refractivity contribution in [3.63, 3.8) is 0 Å². The predicted octanol–water partition coefficient (Wildman–Crippen LogP) is 4.00. The van der Waals surface area contributed by atoms with Crippen molar-refractivity contribution >= 4 is 24.1 Å². The monoisotopic (exact) mass is 689 g/mol. The van der Waals surface area contributed by atoms with Gasteiger partial charge in [0.25, 0.3) is 5.91 Å². The number of aromatic nitrogens is 1. The van der Waals surface area contributed by atoms with Crippen molar-refractivity contribution in [3.8, 4) is 11.3 Å². The number of hydrogen-bond acceptors (Lipinski definition) is 10. The van der Waals surface area contributed by atoms with E-state index in [1.807, 2.05) is 72.8 Å². The number of benzene rings is 2. The van der Waals surface area contributed by atoms with Crippen LogP contribution in [0.2, 0.25) is 0 Å². The molecular weight excluding hydrogens is 642 g/mol. The van der Waals surface area contributed by atoms with Crippen LogP contribution >= 0.6 is 0 Å². The SMILES string of the molecule is COC(=O)N[C@H](C(=O)NN(Cc1ccc(-c2ccccn2)cc1)C[C@H](O)[C@H](Cc1ccccc1)NC(=O)OC1C(=O)OCC1(C)C)C(C)(C)C. The Morgan fingerprint density at radius 2 is 1.66 bits per heavy atom. The van der Waals surface area contributed by atoms with Gasteiger partial charge in [0.2, 0.25) is 6.10 Å². The van der Waals surface area contributed by atoms with Crippen LogP contribution in [0.5, 0.6) is 0 Å². The van der Waals surface area contributed by atoms with E-state index in [4.69, 9.17) is 14.2 Å². The van der Waals surface area contributed by atoms with Crippen LogP contribution in [0.3, 0.4) is 0 Å². The molecule has 13 heteroatoms. The Morgan fingerprint density at radius 1 is 0.980 bits per heavy atom. The number of amides is 3. The summed E-state index contributed by atoms with van der Waals surface area (Å²) in [4.78, 5) is 55.8. The first kappa shape index (κ1) is 37.8. The number of rotatable bonds is 13. The molecular formula is C37H47N5O8. The van der Waals surface area contributed by atoms with Crippen molar-refractivity contribution in [3.05, 3.63) is 90.1 Å². The van der Waals surface area contributed by atoms with E-state index < -0.39 is 59.2 Å². The lowest BCUT2D eigenvalue weighted by atomic mass is 9.86. The van der Waals surface area contributed by atoms with Gasteiger partial charge >= 0.3 is 18.2 Å². The maximum absolute atomic E-state index is 13.7. The number of aliphatic hydroxyl groups excluding tert-OH is 1. The highest BCUT2D eigenvalue weighted by molar-refractivity contribution is 5.86. The van der Waals surface area contributed by atoms with E-state index in [-0.39, 0.29) is 26.1 Å². The highest BCUT2D eigenvalue weighted by Crippen LogP contribution is 2.31. The minimum Gasteiger partial charge on any atom is -0.462 e. The summed E-state index contributed by atoms with van der Waals surface area (Å²) in [6, 6.07) is 20.6.